The van der Waals surface area contributed by atoms with E-state index < -0.39 is 0 Å². The zero-order valence-electron chi connectivity index (χ0n) is 9.39. The topological polar surface area (TPSA) is 0 Å². The van der Waals surface area contributed by atoms with Crippen molar-refractivity contribution in [2.75, 3.05) is 0 Å². The molecule has 2 saturated carbocycles. The molecular weight excluding hydrogens is 168 g/mol. The first-order valence-corrected chi connectivity index (χ1v) is 6.55. The van der Waals surface area contributed by atoms with Crippen LogP contribution in [0.15, 0.2) is 11.1 Å². The largest absolute Gasteiger partial charge is 0.0704 e. The molecule has 2 bridgehead atoms. The fourth-order valence-electron chi connectivity index (χ4n) is 4.07. The molecular formula is C14H22. The lowest BCUT2D eigenvalue weighted by Gasteiger charge is -2.28. The Balaban J connectivity index is 1.82. The molecule has 0 saturated heterocycles. The summed E-state index contributed by atoms with van der Waals surface area (Å²) in [5.74, 6) is 3.13. The molecule has 3 aliphatic carbocycles. The van der Waals surface area contributed by atoms with Crippen LogP contribution in [0.5, 0.6) is 0 Å². The maximum Gasteiger partial charge on any atom is -0.0169 e. The Morgan fingerprint density at radius 3 is 2.86 bits per heavy atom. The number of allylic oxidation sites excluding steroid dienone is 2. The summed E-state index contributed by atoms with van der Waals surface area (Å²) in [6, 6.07) is 0. The van der Waals surface area contributed by atoms with E-state index in [2.05, 4.69) is 6.92 Å². The molecule has 0 aromatic carbocycles. The van der Waals surface area contributed by atoms with E-state index in [-0.39, 0.29) is 0 Å². The summed E-state index contributed by atoms with van der Waals surface area (Å²) in [5.41, 5.74) is 3.84. The van der Waals surface area contributed by atoms with Crippen molar-refractivity contribution in [3.05, 3.63) is 11.1 Å². The van der Waals surface area contributed by atoms with Crippen molar-refractivity contribution in [3.8, 4) is 0 Å². The molecule has 0 nitrogen and oxygen atoms in total. The molecule has 3 atom stereocenters. The summed E-state index contributed by atoms with van der Waals surface area (Å²) in [6.07, 6.45) is 11.9. The minimum absolute atomic E-state index is 0.989. The predicted octanol–water partition coefficient (Wildman–Crippen LogP) is 4.31. The van der Waals surface area contributed by atoms with Crippen LogP contribution >= 0.6 is 0 Å². The van der Waals surface area contributed by atoms with E-state index in [1.807, 2.05) is 11.1 Å². The molecule has 2 fully saturated rings. The molecule has 0 N–H and O–H groups in total. The van der Waals surface area contributed by atoms with Crippen LogP contribution in [0.25, 0.3) is 0 Å². The molecule has 0 amide bonds. The Kier molecular flexibility index (Phi) is 2.18. The van der Waals surface area contributed by atoms with E-state index in [9.17, 15) is 0 Å². The molecule has 0 heteroatoms. The Morgan fingerprint density at radius 1 is 1.00 bits per heavy atom. The molecule has 14 heavy (non-hydrogen) atoms. The summed E-state index contributed by atoms with van der Waals surface area (Å²) < 4.78 is 0. The highest BCUT2D eigenvalue weighted by atomic mass is 14.4. The summed E-state index contributed by atoms with van der Waals surface area (Å²) in [6.45, 7) is 2.44. The summed E-state index contributed by atoms with van der Waals surface area (Å²) >= 11 is 0. The second-order valence-corrected chi connectivity index (χ2v) is 5.81. The standard InChI is InChI=1S/C14H22/c1-10-3-2-4-13-11-6-7-12(9-11)14(13)8-5-10/h10-11,13H,2-9H2,1H3. The van der Waals surface area contributed by atoms with E-state index in [4.69, 9.17) is 0 Å². The zero-order valence-corrected chi connectivity index (χ0v) is 9.39. The van der Waals surface area contributed by atoms with Crippen LogP contribution in [-0.2, 0) is 0 Å². The fourth-order valence-corrected chi connectivity index (χ4v) is 4.07. The molecule has 3 unspecified atom stereocenters. The predicted molar refractivity (Wildman–Crippen MR) is 60.1 cm³/mol. The average Bonchev–Trinajstić information content (AvgIpc) is 2.71. The first kappa shape index (κ1) is 9.00. The van der Waals surface area contributed by atoms with Crippen molar-refractivity contribution >= 4 is 0 Å². The fraction of sp³-hybridized carbons (Fsp3) is 0.857. The number of hydrogen-bond donors (Lipinski definition) is 0. The zero-order chi connectivity index (χ0) is 9.54. The van der Waals surface area contributed by atoms with Crippen LogP contribution in [-0.4, -0.2) is 0 Å². The third-order valence-corrected chi connectivity index (χ3v) is 4.91. The van der Waals surface area contributed by atoms with Crippen molar-refractivity contribution < 1.29 is 0 Å². The first-order valence-electron chi connectivity index (χ1n) is 6.55. The molecule has 0 aliphatic heterocycles. The van der Waals surface area contributed by atoms with Crippen molar-refractivity contribution in [1.29, 1.82) is 0 Å². The lowest BCUT2D eigenvalue weighted by Crippen LogP contribution is -2.16. The third-order valence-electron chi connectivity index (χ3n) is 4.91. The molecule has 3 rings (SSSR count). The van der Waals surface area contributed by atoms with E-state index in [1.54, 1.807) is 0 Å². The van der Waals surface area contributed by atoms with E-state index in [0.29, 0.717) is 0 Å². The number of hydrogen-bond acceptors (Lipinski definition) is 0. The second-order valence-electron chi connectivity index (χ2n) is 5.81. The lowest BCUT2D eigenvalue weighted by molar-refractivity contribution is 0.321. The Hall–Kier alpha value is -0.260. The molecule has 0 aromatic rings. The quantitative estimate of drug-likeness (QED) is 0.499. The van der Waals surface area contributed by atoms with Gasteiger partial charge in [0, 0.05) is 0 Å². The Morgan fingerprint density at radius 2 is 1.93 bits per heavy atom. The minimum Gasteiger partial charge on any atom is -0.0704 e. The van der Waals surface area contributed by atoms with Gasteiger partial charge in [0.25, 0.3) is 0 Å². The highest BCUT2D eigenvalue weighted by Crippen LogP contribution is 2.52. The van der Waals surface area contributed by atoms with Crippen LogP contribution < -0.4 is 0 Å². The van der Waals surface area contributed by atoms with E-state index in [0.717, 1.165) is 17.8 Å². The second kappa shape index (κ2) is 3.40. The van der Waals surface area contributed by atoms with Crippen molar-refractivity contribution in [1.82, 2.24) is 0 Å². The van der Waals surface area contributed by atoms with Gasteiger partial charge in [-0.3, -0.25) is 0 Å². The summed E-state index contributed by atoms with van der Waals surface area (Å²) in [5, 5.41) is 0. The normalized spacial score (nSPS) is 42.2. The maximum atomic E-state index is 2.44. The van der Waals surface area contributed by atoms with E-state index >= 15 is 0 Å². The van der Waals surface area contributed by atoms with Gasteiger partial charge in [-0.15, -0.1) is 0 Å². The summed E-state index contributed by atoms with van der Waals surface area (Å²) in [4.78, 5) is 0. The van der Waals surface area contributed by atoms with Gasteiger partial charge >= 0.3 is 0 Å². The van der Waals surface area contributed by atoms with Crippen LogP contribution in [0.2, 0.25) is 0 Å². The first-order chi connectivity index (χ1) is 6.84. The Labute approximate surface area is 87.8 Å². The molecule has 0 spiro atoms. The highest BCUT2D eigenvalue weighted by molar-refractivity contribution is 5.29. The third kappa shape index (κ3) is 1.34. The Bertz CT molecular complexity index is 261. The van der Waals surface area contributed by atoms with Gasteiger partial charge in [-0.1, -0.05) is 30.9 Å². The van der Waals surface area contributed by atoms with Gasteiger partial charge in [-0.05, 0) is 56.3 Å². The van der Waals surface area contributed by atoms with E-state index in [1.165, 1.54) is 51.4 Å². The lowest BCUT2D eigenvalue weighted by atomic mass is 9.77. The van der Waals surface area contributed by atoms with Gasteiger partial charge in [0.15, 0.2) is 0 Å². The highest BCUT2D eigenvalue weighted by Gasteiger charge is 2.38. The van der Waals surface area contributed by atoms with Gasteiger partial charge in [-0.2, -0.15) is 0 Å². The number of rotatable bonds is 0. The molecule has 3 aliphatic rings. The van der Waals surface area contributed by atoms with Gasteiger partial charge < -0.3 is 0 Å². The SMILES string of the molecule is CC1CCCC2C(=C3CCC2C3)CC1. The van der Waals surface area contributed by atoms with Crippen molar-refractivity contribution in [2.45, 2.75) is 58.3 Å². The van der Waals surface area contributed by atoms with Crippen molar-refractivity contribution in [2.24, 2.45) is 17.8 Å². The molecule has 0 heterocycles. The maximum absolute atomic E-state index is 2.44. The molecule has 0 aromatic heterocycles. The monoisotopic (exact) mass is 190 g/mol. The van der Waals surface area contributed by atoms with Crippen molar-refractivity contribution in [3.63, 3.8) is 0 Å². The molecule has 0 radical (unpaired) electrons. The van der Waals surface area contributed by atoms with Crippen LogP contribution in [0.1, 0.15) is 58.3 Å². The number of fused-ring (bicyclic) bond motifs is 4. The molecule has 78 valence electrons. The smallest absolute Gasteiger partial charge is 0.0169 e. The minimum atomic E-state index is 0.989. The van der Waals surface area contributed by atoms with Gasteiger partial charge in [0.05, 0.1) is 0 Å². The van der Waals surface area contributed by atoms with Crippen LogP contribution in [0, 0.1) is 17.8 Å². The average molecular weight is 190 g/mol. The van der Waals surface area contributed by atoms with Gasteiger partial charge in [0.2, 0.25) is 0 Å². The summed E-state index contributed by atoms with van der Waals surface area (Å²) in [7, 11) is 0. The van der Waals surface area contributed by atoms with Crippen LogP contribution in [0.4, 0.5) is 0 Å². The van der Waals surface area contributed by atoms with Crippen LogP contribution in [0.3, 0.4) is 0 Å². The van der Waals surface area contributed by atoms with Gasteiger partial charge in [-0.25, -0.2) is 0 Å². The van der Waals surface area contributed by atoms with Gasteiger partial charge in [0.1, 0.15) is 0 Å².